The van der Waals surface area contributed by atoms with Crippen LogP contribution < -0.4 is 5.32 Å². The van der Waals surface area contributed by atoms with Crippen LogP contribution >= 0.6 is 24.8 Å². The molecule has 1 spiro atoms. The molecule has 3 aliphatic rings. The number of hydrogen-bond donors (Lipinski definition) is 1. The summed E-state index contributed by atoms with van der Waals surface area (Å²) in [5.74, 6) is 1.51. The summed E-state index contributed by atoms with van der Waals surface area (Å²) in [7, 11) is 2.21. The van der Waals surface area contributed by atoms with Crippen LogP contribution in [0.25, 0.3) is 0 Å². The average molecular weight is 366 g/mol. The number of amides is 1. The zero-order valence-corrected chi connectivity index (χ0v) is 16.2. The highest BCUT2D eigenvalue weighted by Gasteiger charge is 2.58. The fourth-order valence-electron chi connectivity index (χ4n) is 4.49. The quantitative estimate of drug-likeness (QED) is 0.812. The van der Waals surface area contributed by atoms with Gasteiger partial charge in [0, 0.05) is 25.6 Å². The molecule has 2 atom stereocenters. The monoisotopic (exact) mass is 365 g/mol. The van der Waals surface area contributed by atoms with Gasteiger partial charge in [0.25, 0.3) is 0 Å². The summed E-state index contributed by atoms with van der Waals surface area (Å²) in [6, 6.07) is 0. The van der Waals surface area contributed by atoms with Crippen LogP contribution in [0.1, 0.15) is 39.0 Å². The van der Waals surface area contributed by atoms with Gasteiger partial charge in [-0.2, -0.15) is 0 Å². The lowest BCUT2D eigenvalue weighted by molar-refractivity contribution is -0.132. The third-order valence-corrected chi connectivity index (χ3v) is 5.86. The standard InChI is InChI=1S/C17H31N3O.2ClH/c1-3-9-19(2)12-14-4-10-20(13-14)16(21)15-11-17(15)5-7-18-8-6-17;;/h14-15,18H,3-13H2,1-2H3;2*1H. The van der Waals surface area contributed by atoms with Crippen molar-refractivity contribution in [2.45, 2.75) is 39.0 Å². The van der Waals surface area contributed by atoms with E-state index >= 15 is 0 Å². The number of carbonyl (C=O) groups is 1. The van der Waals surface area contributed by atoms with E-state index in [2.05, 4.69) is 29.1 Å². The number of halogens is 2. The fraction of sp³-hybridized carbons (Fsp3) is 0.941. The Morgan fingerprint density at radius 3 is 2.65 bits per heavy atom. The van der Waals surface area contributed by atoms with Gasteiger partial charge in [-0.1, -0.05) is 6.92 Å². The molecule has 0 bridgehead atoms. The van der Waals surface area contributed by atoms with Gasteiger partial charge in [0.05, 0.1) is 0 Å². The topological polar surface area (TPSA) is 35.6 Å². The van der Waals surface area contributed by atoms with Crippen molar-refractivity contribution in [2.24, 2.45) is 17.3 Å². The second-order valence-electron chi connectivity index (χ2n) is 7.57. The minimum Gasteiger partial charge on any atom is -0.342 e. The molecule has 0 aromatic rings. The van der Waals surface area contributed by atoms with E-state index in [1.165, 1.54) is 32.2 Å². The van der Waals surface area contributed by atoms with Crippen molar-refractivity contribution in [2.75, 3.05) is 46.3 Å². The zero-order valence-electron chi connectivity index (χ0n) is 14.6. The first-order valence-corrected chi connectivity index (χ1v) is 8.83. The van der Waals surface area contributed by atoms with Gasteiger partial charge in [-0.15, -0.1) is 24.8 Å². The summed E-state index contributed by atoms with van der Waals surface area (Å²) < 4.78 is 0. The van der Waals surface area contributed by atoms with Crippen molar-refractivity contribution < 1.29 is 4.79 Å². The molecule has 4 nitrogen and oxygen atoms in total. The summed E-state index contributed by atoms with van der Waals surface area (Å²) in [5.41, 5.74) is 0.388. The normalized spacial score (nSPS) is 28.4. The van der Waals surface area contributed by atoms with Crippen LogP contribution in [0.2, 0.25) is 0 Å². The number of piperidine rings is 1. The molecule has 23 heavy (non-hydrogen) atoms. The van der Waals surface area contributed by atoms with E-state index < -0.39 is 0 Å². The maximum atomic E-state index is 12.7. The van der Waals surface area contributed by atoms with Crippen molar-refractivity contribution in [1.29, 1.82) is 0 Å². The van der Waals surface area contributed by atoms with E-state index in [1.54, 1.807) is 0 Å². The molecular formula is C17H33Cl2N3O. The highest BCUT2D eigenvalue weighted by Crippen LogP contribution is 2.59. The maximum Gasteiger partial charge on any atom is 0.226 e. The average Bonchev–Trinajstić information content (AvgIpc) is 2.95. The number of likely N-dealkylation sites (tertiary alicyclic amines) is 1. The number of hydrogen-bond acceptors (Lipinski definition) is 3. The summed E-state index contributed by atoms with van der Waals surface area (Å²) in [6.07, 6.45) is 5.98. The third kappa shape index (κ3) is 4.75. The minimum absolute atomic E-state index is 0. The Labute approximate surface area is 153 Å². The number of nitrogens with zero attached hydrogens (tertiary/aromatic N) is 2. The Morgan fingerprint density at radius 1 is 1.30 bits per heavy atom. The summed E-state index contributed by atoms with van der Waals surface area (Å²) in [6.45, 7) is 8.75. The molecule has 1 saturated carbocycles. The second-order valence-corrected chi connectivity index (χ2v) is 7.57. The Kier molecular flexibility index (Phi) is 8.12. The molecule has 0 aromatic carbocycles. The minimum atomic E-state index is 0. The second kappa shape index (κ2) is 8.89. The summed E-state index contributed by atoms with van der Waals surface area (Å²) in [5, 5.41) is 3.42. The molecule has 136 valence electrons. The molecule has 6 heteroatoms. The van der Waals surface area contributed by atoms with Crippen molar-refractivity contribution in [1.82, 2.24) is 15.1 Å². The summed E-state index contributed by atoms with van der Waals surface area (Å²) >= 11 is 0. The van der Waals surface area contributed by atoms with Gasteiger partial charge in [-0.3, -0.25) is 4.79 Å². The fourth-order valence-corrected chi connectivity index (χ4v) is 4.49. The van der Waals surface area contributed by atoms with Crippen LogP contribution in [0.5, 0.6) is 0 Å². The molecule has 0 radical (unpaired) electrons. The van der Waals surface area contributed by atoms with Crippen LogP contribution in [0, 0.1) is 17.3 Å². The van der Waals surface area contributed by atoms with Crippen LogP contribution in [0.3, 0.4) is 0 Å². The van der Waals surface area contributed by atoms with E-state index in [1.807, 2.05) is 0 Å². The third-order valence-electron chi connectivity index (χ3n) is 5.86. The lowest BCUT2D eigenvalue weighted by Crippen LogP contribution is -2.36. The summed E-state index contributed by atoms with van der Waals surface area (Å²) in [4.78, 5) is 17.3. The first-order chi connectivity index (χ1) is 10.1. The lowest BCUT2D eigenvalue weighted by atomic mass is 9.91. The van der Waals surface area contributed by atoms with Crippen molar-refractivity contribution in [3.05, 3.63) is 0 Å². The maximum absolute atomic E-state index is 12.7. The van der Waals surface area contributed by atoms with E-state index in [0.717, 1.165) is 39.1 Å². The largest absolute Gasteiger partial charge is 0.342 e. The van der Waals surface area contributed by atoms with Gasteiger partial charge in [-0.25, -0.2) is 0 Å². The molecule has 2 saturated heterocycles. The number of rotatable bonds is 5. The number of nitrogens with one attached hydrogen (secondary N) is 1. The lowest BCUT2D eigenvalue weighted by Gasteiger charge is -2.25. The Balaban J connectivity index is 0.00000132. The van der Waals surface area contributed by atoms with Crippen LogP contribution in [-0.4, -0.2) is 62.0 Å². The molecule has 3 rings (SSSR count). The van der Waals surface area contributed by atoms with Crippen molar-refractivity contribution in [3.63, 3.8) is 0 Å². The van der Waals surface area contributed by atoms with Crippen LogP contribution in [0.15, 0.2) is 0 Å². The first-order valence-electron chi connectivity index (χ1n) is 8.83. The highest BCUT2D eigenvalue weighted by molar-refractivity contribution is 5.85. The predicted molar refractivity (Wildman–Crippen MR) is 99.6 cm³/mol. The van der Waals surface area contributed by atoms with E-state index in [-0.39, 0.29) is 24.8 Å². The molecule has 3 fully saturated rings. The van der Waals surface area contributed by atoms with Gasteiger partial charge in [0.15, 0.2) is 0 Å². The first kappa shape index (κ1) is 21.0. The molecule has 2 aliphatic heterocycles. The van der Waals surface area contributed by atoms with Crippen LogP contribution in [0.4, 0.5) is 0 Å². The molecule has 0 aromatic heterocycles. The molecular weight excluding hydrogens is 333 g/mol. The van der Waals surface area contributed by atoms with E-state index in [9.17, 15) is 4.79 Å². The molecule has 1 amide bonds. The Bertz CT molecular complexity index is 388. The smallest absolute Gasteiger partial charge is 0.226 e. The predicted octanol–water partition coefficient (Wildman–Crippen LogP) is 2.41. The molecule has 1 N–H and O–H groups in total. The zero-order chi connectivity index (χ0) is 14.9. The van der Waals surface area contributed by atoms with E-state index in [0.29, 0.717) is 23.2 Å². The van der Waals surface area contributed by atoms with Crippen molar-refractivity contribution >= 4 is 30.7 Å². The van der Waals surface area contributed by atoms with Crippen molar-refractivity contribution in [3.8, 4) is 0 Å². The van der Waals surface area contributed by atoms with Crippen LogP contribution in [-0.2, 0) is 4.79 Å². The Morgan fingerprint density at radius 2 is 2.00 bits per heavy atom. The molecule has 1 aliphatic carbocycles. The van der Waals surface area contributed by atoms with Gasteiger partial charge in [-0.05, 0) is 70.1 Å². The van der Waals surface area contributed by atoms with Gasteiger partial charge >= 0.3 is 0 Å². The van der Waals surface area contributed by atoms with E-state index in [4.69, 9.17) is 0 Å². The number of carbonyl (C=O) groups excluding carboxylic acids is 1. The van der Waals surface area contributed by atoms with Gasteiger partial charge in [0.2, 0.25) is 5.91 Å². The SMILES string of the molecule is CCCN(C)CC1CCN(C(=O)C2CC23CCNCC3)C1.Cl.Cl. The molecule has 2 unspecified atom stereocenters. The molecule has 2 heterocycles. The Hall–Kier alpha value is -0.0300. The van der Waals surface area contributed by atoms with Gasteiger partial charge in [0.1, 0.15) is 0 Å². The van der Waals surface area contributed by atoms with Gasteiger partial charge < -0.3 is 15.1 Å². The highest BCUT2D eigenvalue weighted by atomic mass is 35.5.